The van der Waals surface area contributed by atoms with E-state index in [1.165, 1.54) is 12.1 Å². The van der Waals surface area contributed by atoms with Crippen molar-refractivity contribution in [1.82, 2.24) is 15.5 Å². The third kappa shape index (κ3) is 5.00. The summed E-state index contributed by atoms with van der Waals surface area (Å²) in [5.41, 5.74) is 0.779. The van der Waals surface area contributed by atoms with E-state index in [4.69, 9.17) is 9.47 Å². The number of ether oxygens (including phenoxy) is 2. The highest BCUT2D eigenvalue weighted by Gasteiger charge is 2.28. The molecule has 34 heavy (non-hydrogen) atoms. The lowest BCUT2D eigenvalue weighted by Crippen LogP contribution is -2.42. The molecule has 178 valence electrons. The van der Waals surface area contributed by atoms with E-state index >= 15 is 0 Å². The highest BCUT2D eigenvalue weighted by molar-refractivity contribution is 5.96. The van der Waals surface area contributed by atoms with Gasteiger partial charge in [0, 0.05) is 17.5 Å². The number of carbonyl (C=O) groups is 2. The normalized spacial score (nSPS) is 13.4. The highest BCUT2D eigenvalue weighted by Crippen LogP contribution is 2.33. The van der Waals surface area contributed by atoms with Crippen molar-refractivity contribution in [2.45, 2.75) is 38.6 Å². The number of hydrogen-bond acceptors (Lipinski definition) is 5. The summed E-state index contributed by atoms with van der Waals surface area (Å²) < 4.78 is 37.9. The summed E-state index contributed by atoms with van der Waals surface area (Å²) in [5.74, 6) is -0.654. The summed E-state index contributed by atoms with van der Waals surface area (Å²) in [5, 5.41) is 12.2. The third-order valence-electron chi connectivity index (χ3n) is 5.63. The SMILES string of the molecule is C[C@H](NC(=O)Cc1ccc2c(c1)OCO2)C(=O)Nc1cc(C(C)(C)c2cc(F)cc(F)c2)n[nH]1. The van der Waals surface area contributed by atoms with Gasteiger partial charge in [0.15, 0.2) is 11.5 Å². The van der Waals surface area contributed by atoms with Gasteiger partial charge in [0.2, 0.25) is 18.6 Å². The molecule has 0 aliphatic carbocycles. The van der Waals surface area contributed by atoms with E-state index in [0.29, 0.717) is 28.6 Å². The zero-order chi connectivity index (χ0) is 24.5. The van der Waals surface area contributed by atoms with E-state index in [9.17, 15) is 18.4 Å². The van der Waals surface area contributed by atoms with Gasteiger partial charge in [-0.3, -0.25) is 14.7 Å². The standard InChI is InChI=1S/C24H24F2N4O4/c1-13(27-22(31)7-14-4-5-18-19(6-14)34-12-33-18)23(32)28-21-11-20(29-30-21)24(2,3)15-8-16(25)10-17(26)9-15/h4-6,8-11,13H,7,12H2,1-3H3,(H,27,31)(H2,28,29,30,32)/t13-/m0/s1. The lowest BCUT2D eigenvalue weighted by Gasteiger charge is -2.23. The fourth-order valence-electron chi connectivity index (χ4n) is 3.60. The number of rotatable bonds is 7. The summed E-state index contributed by atoms with van der Waals surface area (Å²) in [6.45, 7) is 5.24. The predicted molar refractivity (Wildman–Crippen MR) is 120 cm³/mol. The molecule has 1 aliphatic heterocycles. The van der Waals surface area contributed by atoms with Crippen molar-refractivity contribution in [2.24, 2.45) is 0 Å². The van der Waals surface area contributed by atoms with E-state index < -0.39 is 29.0 Å². The largest absolute Gasteiger partial charge is 0.454 e. The Morgan fingerprint density at radius 3 is 2.53 bits per heavy atom. The average Bonchev–Trinajstić information content (AvgIpc) is 3.42. The molecule has 1 aromatic heterocycles. The average molecular weight is 470 g/mol. The van der Waals surface area contributed by atoms with Crippen molar-refractivity contribution < 1.29 is 27.8 Å². The van der Waals surface area contributed by atoms with Crippen LogP contribution in [0.1, 0.15) is 37.6 Å². The Morgan fingerprint density at radius 1 is 1.09 bits per heavy atom. The van der Waals surface area contributed by atoms with E-state index in [-0.39, 0.29) is 19.1 Å². The molecule has 4 rings (SSSR count). The number of benzene rings is 2. The van der Waals surface area contributed by atoms with Gasteiger partial charge in [-0.05, 0) is 42.3 Å². The molecule has 3 aromatic rings. The highest BCUT2D eigenvalue weighted by atomic mass is 19.1. The fraction of sp³-hybridized carbons (Fsp3) is 0.292. The van der Waals surface area contributed by atoms with Gasteiger partial charge in [-0.1, -0.05) is 19.9 Å². The summed E-state index contributed by atoms with van der Waals surface area (Å²) in [6.07, 6.45) is 0.0703. The van der Waals surface area contributed by atoms with Gasteiger partial charge in [0.25, 0.3) is 0 Å². The maximum atomic E-state index is 13.7. The monoisotopic (exact) mass is 470 g/mol. The first-order valence-corrected chi connectivity index (χ1v) is 10.6. The second-order valence-electron chi connectivity index (χ2n) is 8.59. The lowest BCUT2D eigenvalue weighted by molar-refractivity contribution is -0.125. The maximum Gasteiger partial charge on any atom is 0.247 e. The number of H-pyrrole nitrogens is 1. The molecule has 1 atom stereocenters. The van der Waals surface area contributed by atoms with Gasteiger partial charge in [-0.2, -0.15) is 5.10 Å². The van der Waals surface area contributed by atoms with Gasteiger partial charge in [0.05, 0.1) is 12.1 Å². The Labute approximate surface area is 194 Å². The van der Waals surface area contributed by atoms with Crippen LogP contribution in [-0.2, 0) is 21.4 Å². The number of aromatic nitrogens is 2. The molecule has 10 heteroatoms. The number of fused-ring (bicyclic) bond motifs is 1. The van der Waals surface area contributed by atoms with Gasteiger partial charge >= 0.3 is 0 Å². The zero-order valence-electron chi connectivity index (χ0n) is 18.9. The molecule has 2 aromatic carbocycles. The first kappa shape index (κ1) is 23.2. The molecular formula is C24H24F2N4O4. The van der Waals surface area contributed by atoms with E-state index in [1.807, 2.05) is 0 Å². The molecule has 1 aliphatic rings. The predicted octanol–water partition coefficient (Wildman–Crippen LogP) is 3.43. The molecule has 0 fully saturated rings. The number of anilines is 1. The fourth-order valence-corrected chi connectivity index (χ4v) is 3.60. The van der Waals surface area contributed by atoms with E-state index in [2.05, 4.69) is 20.8 Å². The minimum absolute atomic E-state index is 0.0703. The second-order valence-corrected chi connectivity index (χ2v) is 8.59. The summed E-state index contributed by atoms with van der Waals surface area (Å²) in [7, 11) is 0. The van der Waals surface area contributed by atoms with Crippen LogP contribution in [0.2, 0.25) is 0 Å². The van der Waals surface area contributed by atoms with Gasteiger partial charge in [-0.25, -0.2) is 8.78 Å². The van der Waals surface area contributed by atoms with E-state index in [1.54, 1.807) is 45.0 Å². The molecule has 0 spiro atoms. The molecule has 0 saturated heterocycles. The molecule has 8 nitrogen and oxygen atoms in total. The van der Waals surface area contributed by atoms with Crippen LogP contribution < -0.4 is 20.1 Å². The number of halogens is 2. The van der Waals surface area contributed by atoms with Crippen molar-refractivity contribution in [1.29, 1.82) is 0 Å². The molecule has 0 bridgehead atoms. The zero-order valence-corrected chi connectivity index (χ0v) is 18.9. The Balaban J connectivity index is 1.36. The van der Waals surface area contributed by atoms with Gasteiger partial charge in [-0.15, -0.1) is 0 Å². The quantitative estimate of drug-likeness (QED) is 0.491. The molecule has 0 saturated carbocycles. The van der Waals surface area contributed by atoms with Crippen LogP contribution in [0.4, 0.5) is 14.6 Å². The van der Waals surface area contributed by atoms with Crippen molar-refractivity contribution >= 4 is 17.6 Å². The van der Waals surface area contributed by atoms with Gasteiger partial charge in [0.1, 0.15) is 23.5 Å². The van der Waals surface area contributed by atoms with Crippen LogP contribution in [0.3, 0.4) is 0 Å². The van der Waals surface area contributed by atoms with Crippen LogP contribution in [0.25, 0.3) is 0 Å². The van der Waals surface area contributed by atoms with Crippen LogP contribution >= 0.6 is 0 Å². The maximum absolute atomic E-state index is 13.7. The summed E-state index contributed by atoms with van der Waals surface area (Å²) >= 11 is 0. The van der Waals surface area contributed by atoms with Crippen molar-refractivity contribution in [3.8, 4) is 11.5 Å². The lowest BCUT2D eigenvalue weighted by atomic mass is 9.81. The van der Waals surface area contributed by atoms with E-state index in [0.717, 1.165) is 11.6 Å². The number of amides is 2. The van der Waals surface area contributed by atoms with Crippen LogP contribution in [0.15, 0.2) is 42.5 Å². The molecule has 0 radical (unpaired) electrons. The first-order valence-electron chi connectivity index (χ1n) is 10.6. The minimum atomic E-state index is -0.827. The summed E-state index contributed by atoms with van der Waals surface area (Å²) in [4.78, 5) is 24.9. The number of nitrogens with zero attached hydrogens (tertiary/aromatic N) is 1. The second kappa shape index (κ2) is 9.12. The third-order valence-corrected chi connectivity index (χ3v) is 5.63. The van der Waals surface area contributed by atoms with Crippen molar-refractivity contribution in [3.05, 3.63) is 70.9 Å². The number of hydrogen-bond donors (Lipinski definition) is 3. The van der Waals surface area contributed by atoms with Gasteiger partial charge < -0.3 is 20.1 Å². The van der Waals surface area contributed by atoms with Crippen molar-refractivity contribution in [2.75, 3.05) is 12.1 Å². The Bertz CT molecular complexity index is 1220. The number of aromatic amines is 1. The topological polar surface area (TPSA) is 105 Å². The molecular weight excluding hydrogens is 446 g/mol. The van der Waals surface area contributed by atoms with Crippen LogP contribution in [-0.4, -0.2) is 34.8 Å². The van der Waals surface area contributed by atoms with Crippen LogP contribution in [0, 0.1) is 11.6 Å². The Hall–Kier alpha value is -3.95. The molecule has 3 N–H and O–H groups in total. The Morgan fingerprint density at radius 2 is 1.79 bits per heavy atom. The number of carbonyl (C=O) groups excluding carboxylic acids is 2. The molecule has 0 unspecified atom stereocenters. The van der Waals surface area contributed by atoms with Crippen molar-refractivity contribution in [3.63, 3.8) is 0 Å². The Kier molecular flexibility index (Phi) is 6.23. The summed E-state index contributed by atoms with van der Waals surface area (Å²) in [6, 6.07) is 9.28. The van der Waals surface area contributed by atoms with Crippen LogP contribution in [0.5, 0.6) is 11.5 Å². The first-order chi connectivity index (χ1) is 16.1. The smallest absolute Gasteiger partial charge is 0.247 e. The molecule has 2 heterocycles. The molecule has 2 amide bonds. The minimum Gasteiger partial charge on any atom is -0.454 e. The number of nitrogens with one attached hydrogen (secondary N) is 3.